The highest BCUT2D eigenvalue weighted by Gasteiger charge is 2.11. The van der Waals surface area contributed by atoms with Crippen LogP contribution in [0.4, 0.5) is 0 Å². The smallest absolute Gasteiger partial charge is 0.135 e. The van der Waals surface area contributed by atoms with Gasteiger partial charge < -0.3 is 19.2 Å². The monoisotopic (exact) mass is 440 g/mol. The van der Waals surface area contributed by atoms with E-state index in [1.54, 1.807) is 0 Å². The molecule has 0 unspecified atom stereocenters. The molecule has 1 aliphatic heterocycles. The van der Waals surface area contributed by atoms with Gasteiger partial charge in [0.2, 0.25) is 0 Å². The number of benzene rings is 3. The number of nitrogens with one attached hydrogen (secondary N) is 1. The van der Waals surface area contributed by atoms with Gasteiger partial charge in [0.1, 0.15) is 28.7 Å². The molecule has 0 spiro atoms. The normalized spacial score (nSPS) is 13.0. The zero-order chi connectivity index (χ0) is 22.3. The largest absolute Gasteiger partial charge is 0.494 e. The van der Waals surface area contributed by atoms with Crippen LogP contribution in [0.5, 0.6) is 11.5 Å². The van der Waals surface area contributed by atoms with E-state index in [1.165, 1.54) is 0 Å². The van der Waals surface area contributed by atoms with Gasteiger partial charge in [0.05, 0.1) is 19.8 Å². The summed E-state index contributed by atoms with van der Waals surface area (Å²) >= 11 is 0. The Hall–Kier alpha value is -3.73. The Morgan fingerprint density at radius 2 is 1.48 bits per heavy atom. The first-order valence-corrected chi connectivity index (χ1v) is 11.6. The van der Waals surface area contributed by atoms with Crippen molar-refractivity contribution in [2.75, 3.05) is 26.3 Å². The van der Waals surface area contributed by atoms with Crippen molar-refractivity contribution in [2.45, 2.75) is 19.3 Å². The van der Waals surface area contributed by atoms with Gasteiger partial charge in [0.15, 0.2) is 0 Å². The molecular weight excluding hydrogens is 412 g/mol. The molecule has 1 N–H and O–H groups in total. The van der Waals surface area contributed by atoms with E-state index in [1.807, 2.05) is 60.7 Å². The van der Waals surface area contributed by atoms with E-state index in [9.17, 15) is 0 Å². The first-order valence-electron chi connectivity index (χ1n) is 11.6. The van der Waals surface area contributed by atoms with Gasteiger partial charge in [-0.3, -0.25) is 4.99 Å². The molecule has 0 atom stereocenters. The molecule has 0 radical (unpaired) electrons. The molecule has 1 aliphatic rings. The third-order valence-electron chi connectivity index (χ3n) is 5.67. The number of ether oxygens (including phenoxy) is 2. The van der Waals surface area contributed by atoms with Gasteiger partial charge in [-0.15, -0.1) is 0 Å². The minimum absolute atomic E-state index is 0.704. The fourth-order valence-electron chi connectivity index (χ4n) is 3.92. The highest BCUT2D eigenvalue weighted by atomic mass is 16.5. The number of aliphatic imine (C=N–C) groups is 1. The van der Waals surface area contributed by atoms with E-state index < -0.39 is 0 Å². The van der Waals surface area contributed by atoms with Gasteiger partial charge in [0, 0.05) is 23.1 Å². The minimum atomic E-state index is 0.704. The SMILES string of the molecule is c1ccc(OCCCCCOc2ccc(-c3cc4cc(C5=NCCN5)ccc4o3)cc2)cc1. The van der Waals surface area contributed by atoms with Crippen LogP contribution in [-0.2, 0) is 0 Å². The van der Waals surface area contributed by atoms with Gasteiger partial charge in [-0.1, -0.05) is 18.2 Å². The number of amidine groups is 1. The lowest BCUT2D eigenvalue weighted by molar-refractivity contribution is 0.279. The molecule has 2 heterocycles. The Balaban J connectivity index is 1.09. The standard InChI is InChI=1S/C28H28N2O3/c1-3-7-24(8-4-1)31-17-5-2-6-18-32-25-12-9-21(10-13-25)27-20-23-19-22(11-14-26(23)33-27)28-29-15-16-30-28/h1,3-4,7-14,19-20H,2,5-6,15-18H2,(H,29,30). The van der Waals surface area contributed by atoms with Gasteiger partial charge >= 0.3 is 0 Å². The number of nitrogens with zero attached hydrogens (tertiary/aromatic N) is 1. The molecule has 1 aromatic heterocycles. The quantitative estimate of drug-likeness (QED) is 0.304. The lowest BCUT2D eigenvalue weighted by atomic mass is 10.1. The molecular formula is C28H28N2O3. The average molecular weight is 441 g/mol. The molecule has 0 amide bonds. The molecule has 5 rings (SSSR count). The van der Waals surface area contributed by atoms with Gasteiger partial charge in [-0.25, -0.2) is 0 Å². The van der Waals surface area contributed by atoms with E-state index in [0.29, 0.717) is 6.61 Å². The van der Waals surface area contributed by atoms with E-state index in [2.05, 4.69) is 28.5 Å². The third-order valence-corrected chi connectivity index (χ3v) is 5.67. The van der Waals surface area contributed by atoms with Crippen molar-refractivity contribution in [2.24, 2.45) is 4.99 Å². The lowest BCUT2D eigenvalue weighted by Gasteiger charge is -2.08. The van der Waals surface area contributed by atoms with Crippen LogP contribution in [0.2, 0.25) is 0 Å². The van der Waals surface area contributed by atoms with Crippen LogP contribution in [-0.4, -0.2) is 32.1 Å². The van der Waals surface area contributed by atoms with E-state index >= 15 is 0 Å². The van der Waals surface area contributed by atoms with Crippen molar-refractivity contribution in [1.82, 2.24) is 5.32 Å². The zero-order valence-corrected chi connectivity index (χ0v) is 18.6. The molecule has 168 valence electrons. The maximum absolute atomic E-state index is 6.07. The number of hydrogen-bond acceptors (Lipinski definition) is 5. The molecule has 5 nitrogen and oxygen atoms in total. The van der Waals surface area contributed by atoms with Crippen LogP contribution in [0.15, 0.2) is 88.3 Å². The molecule has 0 fully saturated rings. The first kappa shape index (κ1) is 21.1. The van der Waals surface area contributed by atoms with Crippen LogP contribution < -0.4 is 14.8 Å². The van der Waals surface area contributed by atoms with E-state index in [0.717, 1.165) is 84.1 Å². The molecule has 0 saturated carbocycles. The molecule has 3 aromatic carbocycles. The second-order valence-corrected chi connectivity index (χ2v) is 8.12. The summed E-state index contributed by atoms with van der Waals surface area (Å²) in [4.78, 5) is 4.50. The minimum Gasteiger partial charge on any atom is -0.494 e. The number of unbranched alkanes of at least 4 members (excludes halogenated alkanes) is 2. The first-order chi connectivity index (χ1) is 16.3. The maximum Gasteiger partial charge on any atom is 0.135 e. The highest BCUT2D eigenvalue weighted by molar-refractivity contribution is 6.02. The van der Waals surface area contributed by atoms with Crippen molar-refractivity contribution >= 4 is 16.8 Å². The Kier molecular flexibility index (Phi) is 6.57. The fourth-order valence-corrected chi connectivity index (χ4v) is 3.92. The van der Waals surface area contributed by atoms with Crippen LogP contribution in [0.3, 0.4) is 0 Å². The molecule has 4 aromatic rings. The van der Waals surface area contributed by atoms with Crippen molar-refractivity contribution in [3.8, 4) is 22.8 Å². The van der Waals surface area contributed by atoms with Crippen LogP contribution in [0, 0.1) is 0 Å². The molecule has 5 heteroatoms. The molecule has 0 saturated heterocycles. The molecule has 33 heavy (non-hydrogen) atoms. The third kappa shape index (κ3) is 5.37. The van der Waals surface area contributed by atoms with Gasteiger partial charge in [-0.05, 0) is 79.9 Å². The molecule has 0 bridgehead atoms. The number of fused-ring (bicyclic) bond motifs is 1. The fraction of sp³-hybridized carbons (Fsp3) is 0.250. The summed E-state index contributed by atoms with van der Waals surface area (Å²) in [7, 11) is 0. The predicted octanol–water partition coefficient (Wildman–Crippen LogP) is 6.08. The number of para-hydroxylation sites is 1. The van der Waals surface area contributed by atoms with E-state index in [4.69, 9.17) is 13.9 Å². The second-order valence-electron chi connectivity index (χ2n) is 8.12. The summed E-state index contributed by atoms with van der Waals surface area (Å²) in [5, 5.41) is 4.40. The maximum atomic E-state index is 6.07. The number of furan rings is 1. The summed E-state index contributed by atoms with van der Waals surface area (Å²) in [5.41, 5.74) is 3.01. The number of hydrogen-bond donors (Lipinski definition) is 1. The van der Waals surface area contributed by atoms with Gasteiger partial charge in [-0.2, -0.15) is 0 Å². The van der Waals surface area contributed by atoms with Gasteiger partial charge in [0.25, 0.3) is 0 Å². The van der Waals surface area contributed by atoms with Crippen molar-refractivity contribution in [3.05, 3.63) is 84.4 Å². The lowest BCUT2D eigenvalue weighted by Crippen LogP contribution is -2.19. The topological polar surface area (TPSA) is 56.0 Å². The van der Waals surface area contributed by atoms with Crippen LogP contribution in [0.1, 0.15) is 24.8 Å². The summed E-state index contributed by atoms with van der Waals surface area (Å²) in [6, 6.07) is 26.3. The summed E-state index contributed by atoms with van der Waals surface area (Å²) in [6.07, 6.45) is 3.11. The Morgan fingerprint density at radius 1 is 0.758 bits per heavy atom. The molecule has 0 aliphatic carbocycles. The predicted molar refractivity (Wildman–Crippen MR) is 132 cm³/mol. The van der Waals surface area contributed by atoms with Crippen LogP contribution in [0.25, 0.3) is 22.3 Å². The number of rotatable bonds is 10. The van der Waals surface area contributed by atoms with Crippen molar-refractivity contribution in [1.29, 1.82) is 0 Å². The summed E-state index contributed by atoms with van der Waals surface area (Å²) < 4.78 is 17.7. The second kappa shape index (κ2) is 10.3. The van der Waals surface area contributed by atoms with E-state index in [-0.39, 0.29) is 0 Å². The van der Waals surface area contributed by atoms with Crippen molar-refractivity contribution in [3.63, 3.8) is 0 Å². The summed E-state index contributed by atoms with van der Waals surface area (Å²) in [6.45, 7) is 3.18. The van der Waals surface area contributed by atoms with Crippen molar-refractivity contribution < 1.29 is 13.9 Å². The highest BCUT2D eigenvalue weighted by Crippen LogP contribution is 2.30. The Labute approximate surface area is 194 Å². The Bertz CT molecular complexity index is 1210. The summed E-state index contributed by atoms with van der Waals surface area (Å²) in [5.74, 6) is 3.63. The van der Waals surface area contributed by atoms with Crippen LogP contribution >= 0.6 is 0 Å². The Morgan fingerprint density at radius 3 is 2.21 bits per heavy atom. The average Bonchev–Trinajstić information content (AvgIpc) is 3.54. The zero-order valence-electron chi connectivity index (χ0n) is 18.6.